The molecule has 0 saturated heterocycles. The van der Waals surface area contributed by atoms with Crippen LogP contribution >= 0.6 is 0 Å². The lowest BCUT2D eigenvalue weighted by Crippen LogP contribution is -2.30. The van der Waals surface area contributed by atoms with Gasteiger partial charge in [0.15, 0.2) is 5.78 Å². The Balaban J connectivity index is 2.47. The fourth-order valence-electron chi connectivity index (χ4n) is 1.98. The number of Topliss-reactive ketones (excluding diaryl/α,β-unsaturated/α-hetero) is 1. The second-order valence-corrected chi connectivity index (χ2v) is 5.58. The Bertz CT molecular complexity index is 700. The van der Waals surface area contributed by atoms with Crippen LogP contribution in [0, 0.1) is 0 Å². The number of benzene rings is 1. The zero-order valence-corrected chi connectivity index (χ0v) is 14.7. The van der Waals surface area contributed by atoms with E-state index in [9.17, 15) is 14.4 Å². The number of allylic oxidation sites excluding steroid dienone is 3. The predicted molar refractivity (Wildman–Crippen MR) is 99.5 cm³/mol. The quantitative estimate of drug-likeness (QED) is 0.314. The largest absolute Gasteiger partial charge is 0.352 e. The average Bonchev–Trinajstić information content (AvgIpc) is 2.60. The molecule has 0 atom stereocenters. The van der Waals surface area contributed by atoms with Gasteiger partial charge in [0, 0.05) is 35.4 Å². The molecule has 0 heterocycles. The molecule has 0 aliphatic heterocycles. The molecule has 5 nitrogen and oxygen atoms in total. The number of hydrogen-bond acceptors (Lipinski definition) is 3. The summed E-state index contributed by atoms with van der Waals surface area (Å²) in [6.07, 6.45) is 4.01. The maximum Gasteiger partial charge on any atom is 0.251 e. The van der Waals surface area contributed by atoms with Crippen LogP contribution in [0.1, 0.15) is 41.0 Å². The molecular weight excluding hydrogens is 316 g/mol. The van der Waals surface area contributed by atoms with E-state index in [-0.39, 0.29) is 17.6 Å². The fraction of sp³-hybridized carbons (Fsp3) is 0.250. The molecule has 25 heavy (non-hydrogen) atoms. The molecule has 1 aromatic carbocycles. The molecule has 2 N–H and O–H groups in total. The third-order valence-corrected chi connectivity index (χ3v) is 3.38. The van der Waals surface area contributed by atoms with Crippen LogP contribution in [0.15, 0.2) is 60.7 Å². The predicted octanol–water partition coefficient (Wildman–Crippen LogP) is 2.81. The highest BCUT2D eigenvalue weighted by Crippen LogP contribution is 2.10. The van der Waals surface area contributed by atoms with Crippen LogP contribution in [0.3, 0.4) is 0 Å². The van der Waals surface area contributed by atoms with E-state index in [1.165, 1.54) is 0 Å². The molecule has 0 aliphatic carbocycles. The summed E-state index contributed by atoms with van der Waals surface area (Å²) in [6, 6.07) is 6.43. The van der Waals surface area contributed by atoms with E-state index in [1.54, 1.807) is 43.3 Å². The van der Waals surface area contributed by atoms with Crippen molar-refractivity contribution in [3.8, 4) is 0 Å². The lowest BCUT2D eigenvalue weighted by atomic mass is 10.0. The van der Waals surface area contributed by atoms with Gasteiger partial charge in [0.05, 0.1) is 0 Å². The molecule has 0 unspecified atom stereocenters. The molecule has 0 aromatic heterocycles. The Kier molecular flexibility index (Phi) is 8.06. The summed E-state index contributed by atoms with van der Waals surface area (Å²) in [5.41, 5.74) is 1.81. The number of hydrogen-bond donors (Lipinski definition) is 2. The third-order valence-electron chi connectivity index (χ3n) is 3.38. The van der Waals surface area contributed by atoms with E-state index in [2.05, 4.69) is 23.8 Å². The van der Waals surface area contributed by atoms with Gasteiger partial charge in [-0.2, -0.15) is 0 Å². The van der Waals surface area contributed by atoms with Gasteiger partial charge in [-0.05, 0) is 32.4 Å². The molecule has 0 spiro atoms. The van der Waals surface area contributed by atoms with Gasteiger partial charge in [0.1, 0.15) is 0 Å². The summed E-state index contributed by atoms with van der Waals surface area (Å²) in [5, 5.41) is 5.46. The van der Waals surface area contributed by atoms with E-state index in [0.29, 0.717) is 41.8 Å². The van der Waals surface area contributed by atoms with Crippen LogP contribution in [-0.4, -0.2) is 30.7 Å². The first-order chi connectivity index (χ1) is 11.9. The van der Waals surface area contributed by atoms with Crippen molar-refractivity contribution in [1.82, 2.24) is 10.6 Å². The highest BCUT2D eigenvalue weighted by molar-refractivity contribution is 6.10. The topological polar surface area (TPSA) is 75.3 Å². The molecule has 0 saturated carbocycles. The van der Waals surface area contributed by atoms with Crippen molar-refractivity contribution in [2.45, 2.75) is 20.3 Å². The number of nitrogens with one attached hydrogen (secondary N) is 2. The standard InChI is InChI=1S/C20H24N2O3/c1-5-7-15(4)18(23)16-8-10-17(11-9-16)20(25)22-13-6-12-21-19(24)14(2)3/h5,7-11H,2,4,6,12-13H2,1,3H3,(H,21,24)(H,22,25)/b7-5-. The van der Waals surface area contributed by atoms with E-state index in [1.807, 2.05) is 6.92 Å². The number of carbonyl (C=O) groups excluding carboxylic acids is 3. The number of amides is 2. The van der Waals surface area contributed by atoms with Crippen LogP contribution in [0.25, 0.3) is 0 Å². The van der Waals surface area contributed by atoms with Gasteiger partial charge in [-0.25, -0.2) is 0 Å². The van der Waals surface area contributed by atoms with E-state index < -0.39 is 0 Å². The SMILES string of the molecule is C=C(C)C(=O)NCCCNC(=O)c1ccc(C(=O)C(=C)/C=C\C)cc1. The highest BCUT2D eigenvalue weighted by Gasteiger charge is 2.10. The van der Waals surface area contributed by atoms with Gasteiger partial charge >= 0.3 is 0 Å². The van der Waals surface area contributed by atoms with Crippen LogP contribution in [0.5, 0.6) is 0 Å². The maximum absolute atomic E-state index is 12.1. The summed E-state index contributed by atoms with van der Waals surface area (Å²) in [4.78, 5) is 35.4. The second kappa shape index (κ2) is 10.0. The smallest absolute Gasteiger partial charge is 0.251 e. The monoisotopic (exact) mass is 340 g/mol. The van der Waals surface area contributed by atoms with Gasteiger partial charge in [0.25, 0.3) is 5.91 Å². The van der Waals surface area contributed by atoms with Crippen LogP contribution in [-0.2, 0) is 4.79 Å². The van der Waals surface area contributed by atoms with Gasteiger partial charge in [0.2, 0.25) is 5.91 Å². The number of rotatable bonds is 9. The Morgan fingerprint density at radius 2 is 1.56 bits per heavy atom. The van der Waals surface area contributed by atoms with Crippen molar-refractivity contribution in [3.63, 3.8) is 0 Å². The van der Waals surface area contributed by atoms with Crippen molar-refractivity contribution in [1.29, 1.82) is 0 Å². The first kappa shape index (κ1) is 20.1. The van der Waals surface area contributed by atoms with Gasteiger partial charge in [-0.1, -0.05) is 37.4 Å². The van der Waals surface area contributed by atoms with Gasteiger partial charge < -0.3 is 10.6 Å². The molecule has 0 aliphatic rings. The van der Waals surface area contributed by atoms with Gasteiger partial charge in [-0.15, -0.1) is 0 Å². The summed E-state index contributed by atoms with van der Waals surface area (Å²) in [7, 11) is 0. The normalized spacial score (nSPS) is 10.3. The van der Waals surface area contributed by atoms with Crippen molar-refractivity contribution in [3.05, 3.63) is 71.8 Å². The van der Waals surface area contributed by atoms with E-state index in [4.69, 9.17) is 0 Å². The molecule has 0 bridgehead atoms. The Hall–Kier alpha value is -2.95. The lowest BCUT2D eigenvalue weighted by molar-refractivity contribution is -0.117. The lowest BCUT2D eigenvalue weighted by Gasteiger charge is -2.07. The maximum atomic E-state index is 12.1. The van der Waals surface area contributed by atoms with Crippen molar-refractivity contribution in [2.24, 2.45) is 0 Å². The summed E-state index contributed by atoms with van der Waals surface area (Å²) < 4.78 is 0. The molecule has 1 aromatic rings. The van der Waals surface area contributed by atoms with E-state index in [0.717, 1.165) is 0 Å². The molecule has 1 rings (SSSR count). The summed E-state index contributed by atoms with van der Waals surface area (Å²) in [5.74, 6) is -0.582. The van der Waals surface area contributed by atoms with Crippen molar-refractivity contribution >= 4 is 17.6 Å². The second-order valence-electron chi connectivity index (χ2n) is 5.58. The average molecular weight is 340 g/mol. The Morgan fingerprint density at radius 3 is 2.12 bits per heavy atom. The van der Waals surface area contributed by atoms with Crippen molar-refractivity contribution < 1.29 is 14.4 Å². The molecule has 0 radical (unpaired) electrons. The van der Waals surface area contributed by atoms with Gasteiger partial charge in [-0.3, -0.25) is 14.4 Å². The zero-order valence-electron chi connectivity index (χ0n) is 14.7. The zero-order chi connectivity index (χ0) is 18.8. The molecule has 132 valence electrons. The fourth-order valence-corrected chi connectivity index (χ4v) is 1.98. The minimum absolute atomic E-state index is 0.168. The Morgan fingerprint density at radius 1 is 1.00 bits per heavy atom. The minimum Gasteiger partial charge on any atom is -0.352 e. The Labute approximate surface area is 148 Å². The molecule has 2 amide bonds. The first-order valence-electron chi connectivity index (χ1n) is 8.05. The molecular formula is C20H24N2O3. The minimum atomic E-state index is -0.225. The highest BCUT2D eigenvalue weighted by atomic mass is 16.2. The third kappa shape index (κ3) is 6.59. The van der Waals surface area contributed by atoms with Crippen LogP contribution < -0.4 is 10.6 Å². The summed E-state index contributed by atoms with van der Waals surface area (Å²) in [6.45, 7) is 11.6. The molecule has 0 fully saturated rings. The van der Waals surface area contributed by atoms with Crippen molar-refractivity contribution in [2.75, 3.05) is 13.1 Å². The molecule has 5 heteroatoms. The first-order valence-corrected chi connectivity index (χ1v) is 8.05. The van der Waals surface area contributed by atoms with Crippen LogP contribution in [0.2, 0.25) is 0 Å². The number of ketones is 1. The van der Waals surface area contributed by atoms with Crippen LogP contribution in [0.4, 0.5) is 0 Å². The van der Waals surface area contributed by atoms with E-state index >= 15 is 0 Å². The summed E-state index contributed by atoms with van der Waals surface area (Å²) >= 11 is 0. The number of carbonyl (C=O) groups is 3.